The van der Waals surface area contributed by atoms with E-state index in [1.165, 1.54) is 23.3 Å². The van der Waals surface area contributed by atoms with Crippen LogP contribution in [-0.4, -0.2) is 42.7 Å². The van der Waals surface area contributed by atoms with Gasteiger partial charge in [-0.25, -0.2) is 0 Å². The van der Waals surface area contributed by atoms with Crippen LogP contribution in [0.5, 0.6) is 0 Å². The van der Waals surface area contributed by atoms with E-state index < -0.39 is 0 Å². The van der Waals surface area contributed by atoms with Gasteiger partial charge in [-0.15, -0.1) is 24.2 Å². The number of hydrogen-bond donors (Lipinski definition) is 1. The summed E-state index contributed by atoms with van der Waals surface area (Å²) >= 11 is 1.90. The number of likely N-dealkylation sites (tertiary alicyclic amines) is 1. The first-order valence-corrected chi connectivity index (χ1v) is 9.52. The van der Waals surface area contributed by atoms with Crippen molar-refractivity contribution in [2.75, 3.05) is 31.9 Å². The second-order valence-electron chi connectivity index (χ2n) is 6.81. The van der Waals surface area contributed by atoms with Crippen LogP contribution in [0.4, 0.5) is 0 Å². The topological polar surface area (TPSA) is 32.3 Å². The van der Waals surface area contributed by atoms with E-state index >= 15 is 0 Å². The summed E-state index contributed by atoms with van der Waals surface area (Å²) in [6.07, 6.45) is 3.34. The number of nitrogens with zero attached hydrogens (tertiary/aromatic N) is 1. The van der Waals surface area contributed by atoms with Gasteiger partial charge < -0.3 is 10.2 Å². The van der Waals surface area contributed by atoms with Crippen LogP contribution in [0.15, 0.2) is 29.2 Å². The molecule has 3 atom stereocenters. The van der Waals surface area contributed by atoms with Gasteiger partial charge >= 0.3 is 0 Å². The molecule has 1 N–H and O–H groups in total. The number of thioether (sulfide) groups is 1. The van der Waals surface area contributed by atoms with Gasteiger partial charge in [0.2, 0.25) is 5.91 Å². The zero-order valence-corrected chi connectivity index (χ0v) is 15.0. The molecule has 1 aromatic rings. The number of benzene rings is 1. The number of carbonyl (C=O) groups is 1. The molecule has 0 spiro atoms. The molecule has 2 saturated heterocycles. The summed E-state index contributed by atoms with van der Waals surface area (Å²) in [5, 5.41) is 3.51. The summed E-state index contributed by atoms with van der Waals surface area (Å²) in [6, 6.07) is 8.47. The van der Waals surface area contributed by atoms with E-state index in [0.717, 1.165) is 50.2 Å². The lowest BCUT2D eigenvalue weighted by Gasteiger charge is -2.30. The first kappa shape index (κ1) is 17.1. The third-order valence-corrected chi connectivity index (χ3v) is 6.71. The van der Waals surface area contributed by atoms with Gasteiger partial charge in [0.05, 0.1) is 5.92 Å². The Morgan fingerprint density at radius 1 is 1.09 bits per heavy atom. The molecule has 2 fully saturated rings. The van der Waals surface area contributed by atoms with Gasteiger partial charge in [-0.05, 0) is 61.6 Å². The van der Waals surface area contributed by atoms with Gasteiger partial charge in [-0.1, -0.05) is 18.2 Å². The van der Waals surface area contributed by atoms with E-state index in [9.17, 15) is 4.79 Å². The normalized spacial score (nSPS) is 29.9. The van der Waals surface area contributed by atoms with E-state index in [1.807, 2.05) is 11.8 Å². The minimum absolute atomic E-state index is 0. The quantitative estimate of drug-likeness (QED) is 0.842. The summed E-state index contributed by atoms with van der Waals surface area (Å²) < 4.78 is 0. The maximum Gasteiger partial charge on any atom is 0.230 e. The minimum Gasteiger partial charge on any atom is -0.342 e. The van der Waals surface area contributed by atoms with Crippen LogP contribution < -0.4 is 5.32 Å². The van der Waals surface area contributed by atoms with Gasteiger partial charge in [0.25, 0.3) is 0 Å². The Balaban J connectivity index is 0.00000156. The molecule has 0 saturated carbocycles. The monoisotopic (exact) mass is 352 g/mol. The van der Waals surface area contributed by atoms with Gasteiger partial charge in [-0.3, -0.25) is 4.79 Å². The van der Waals surface area contributed by atoms with Crippen LogP contribution in [0.25, 0.3) is 0 Å². The molecule has 1 amide bonds. The molecule has 0 aliphatic carbocycles. The molecule has 3 aliphatic heterocycles. The molecule has 1 unspecified atom stereocenters. The van der Waals surface area contributed by atoms with E-state index in [1.54, 1.807) is 0 Å². The highest BCUT2D eigenvalue weighted by molar-refractivity contribution is 7.99. The molecule has 126 valence electrons. The van der Waals surface area contributed by atoms with Crippen molar-refractivity contribution in [2.45, 2.75) is 30.1 Å². The van der Waals surface area contributed by atoms with Crippen molar-refractivity contribution < 1.29 is 4.79 Å². The van der Waals surface area contributed by atoms with Gasteiger partial charge in [0, 0.05) is 18.0 Å². The number of halogens is 1. The van der Waals surface area contributed by atoms with Crippen molar-refractivity contribution >= 4 is 30.1 Å². The number of hydrogen-bond acceptors (Lipinski definition) is 3. The van der Waals surface area contributed by atoms with E-state index in [2.05, 4.69) is 34.5 Å². The van der Waals surface area contributed by atoms with E-state index in [4.69, 9.17) is 0 Å². The van der Waals surface area contributed by atoms with Crippen molar-refractivity contribution in [1.82, 2.24) is 10.2 Å². The molecule has 0 aromatic heterocycles. The fourth-order valence-electron chi connectivity index (χ4n) is 4.26. The highest BCUT2D eigenvalue weighted by atomic mass is 35.5. The first-order chi connectivity index (χ1) is 10.8. The van der Waals surface area contributed by atoms with Crippen LogP contribution >= 0.6 is 24.2 Å². The Hall–Kier alpha value is -0.710. The molecular weight excluding hydrogens is 328 g/mol. The molecule has 0 bridgehead atoms. The predicted molar refractivity (Wildman–Crippen MR) is 97.4 cm³/mol. The largest absolute Gasteiger partial charge is 0.342 e. The Morgan fingerprint density at radius 3 is 2.52 bits per heavy atom. The zero-order valence-electron chi connectivity index (χ0n) is 13.4. The van der Waals surface area contributed by atoms with Crippen LogP contribution in [0.3, 0.4) is 0 Å². The highest BCUT2D eigenvalue weighted by Gasteiger charge is 2.35. The molecule has 3 nitrogen and oxygen atoms in total. The fourth-order valence-corrected chi connectivity index (χ4v) is 5.38. The highest BCUT2D eigenvalue weighted by Crippen LogP contribution is 2.39. The van der Waals surface area contributed by atoms with Crippen molar-refractivity contribution in [3.8, 4) is 0 Å². The number of carbonyl (C=O) groups excluding carboxylic acids is 1. The lowest BCUT2D eigenvalue weighted by atomic mass is 9.92. The molecule has 3 heterocycles. The fraction of sp³-hybridized carbons (Fsp3) is 0.611. The molecule has 3 aliphatic rings. The smallest absolute Gasteiger partial charge is 0.230 e. The van der Waals surface area contributed by atoms with Crippen molar-refractivity contribution in [2.24, 2.45) is 11.8 Å². The summed E-state index contributed by atoms with van der Waals surface area (Å²) in [5.41, 5.74) is 1.26. The van der Waals surface area contributed by atoms with E-state index in [0.29, 0.717) is 5.91 Å². The average Bonchev–Trinajstić information content (AvgIpc) is 2.92. The molecular formula is C18H25ClN2OS. The molecule has 5 heteroatoms. The van der Waals surface area contributed by atoms with Crippen LogP contribution in [0, 0.1) is 11.8 Å². The summed E-state index contributed by atoms with van der Waals surface area (Å²) in [4.78, 5) is 16.6. The second kappa shape index (κ2) is 7.45. The maximum absolute atomic E-state index is 13.1. The number of amides is 1. The number of nitrogens with one attached hydrogen (secondary N) is 1. The SMILES string of the molecule is Cl.O=C(C1CCSc2ccccc21)N1CC[C@@H]2CNC[C@@H]2CC1. The van der Waals surface area contributed by atoms with Crippen molar-refractivity contribution in [3.63, 3.8) is 0 Å². The lowest BCUT2D eigenvalue weighted by Crippen LogP contribution is -2.37. The molecule has 0 radical (unpaired) electrons. The summed E-state index contributed by atoms with van der Waals surface area (Å²) in [5.74, 6) is 3.10. The molecule has 4 rings (SSSR count). The van der Waals surface area contributed by atoms with Gasteiger partial charge in [0.1, 0.15) is 0 Å². The minimum atomic E-state index is 0. The third kappa shape index (κ3) is 3.40. The predicted octanol–water partition coefficient (Wildman–Crippen LogP) is 3.15. The Kier molecular flexibility index (Phi) is 5.55. The van der Waals surface area contributed by atoms with Crippen molar-refractivity contribution in [1.29, 1.82) is 0 Å². The maximum atomic E-state index is 13.1. The Labute approximate surface area is 149 Å². The zero-order chi connectivity index (χ0) is 14.9. The van der Waals surface area contributed by atoms with E-state index in [-0.39, 0.29) is 18.3 Å². The summed E-state index contributed by atoms with van der Waals surface area (Å²) in [6.45, 7) is 4.20. The first-order valence-electron chi connectivity index (χ1n) is 8.54. The van der Waals surface area contributed by atoms with Crippen molar-refractivity contribution in [3.05, 3.63) is 29.8 Å². The molecule has 1 aromatic carbocycles. The molecule has 23 heavy (non-hydrogen) atoms. The Bertz CT molecular complexity index is 554. The number of rotatable bonds is 1. The lowest BCUT2D eigenvalue weighted by molar-refractivity contribution is -0.133. The van der Waals surface area contributed by atoms with Gasteiger partial charge in [0.15, 0.2) is 0 Å². The standard InChI is InChI=1S/C18H24N2OS.ClH/c21-18(16-7-10-22-17-4-2-1-3-15(16)17)20-8-5-13-11-19-12-14(13)6-9-20;/h1-4,13-14,16,19H,5-12H2;1H/t13-,14+,16?;. The number of fused-ring (bicyclic) bond motifs is 2. The average molecular weight is 353 g/mol. The van der Waals surface area contributed by atoms with Crippen LogP contribution in [-0.2, 0) is 4.79 Å². The van der Waals surface area contributed by atoms with Crippen LogP contribution in [0.1, 0.15) is 30.7 Å². The third-order valence-electron chi connectivity index (χ3n) is 5.59. The Morgan fingerprint density at radius 2 is 1.78 bits per heavy atom. The second-order valence-corrected chi connectivity index (χ2v) is 7.95. The van der Waals surface area contributed by atoms with Gasteiger partial charge in [-0.2, -0.15) is 0 Å². The summed E-state index contributed by atoms with van der Waals surface area (Å²) in [7, 11) is 0. The van der Waals surface area contributed by atoms with Crippen LogP contribution in [0.2, 0.25) is 0 Å².